The monoisotopic (exact) mass is 308 g/mol. The minimum atomic E-state index is -3.24. The van der Waals surface area contributed by atoms with Crippen LogP contribution in [0.4, 0.5) is 5.69 Å². The van der Waals surface area contributed by atoms with Crippen molar-refractivity contribution in [2.45, 2.75) is 24.6 Å². The van der Waals surface area contributed by atoms with Gasteiger partial charge in [-0.05, 0) is 24.5 Å². The van der Waals surface area contributed by atoms with E-state index < -0.39 is 9.84 Å². The van der Waals surface area contributed by atoms with Crippen LogP contribution in [0, 0.1) is 0 Å². The second-order valence-electron chi connectivity index (χ2n) is 5.87. The van der Waals surface area contributed by atoms with Crippen molar-refractivity contribution in [2.75, 3.05) is 30.8 Å². The average Bonchev–Trinajstić information content (AvgIpc) is 3.26. The minimum Gasteiger partial charge on any atom is -0.373 e. The topological polar surface area (TPSA) is 57.7 Å². The maximum absolute atomic E-state index is 12.3. The third-order valence-electron chi connectivity index (χ3n) is 4.18. The molecule has 1 saturated carbocycles. The third-order valence-corrected chi connectivity index (χ3v) is 6.32. The summed E-state index contributed by atoms with van der Waals surface area (Å²) in [6, 6.07) is 7.95. The van der Waals surface area contributed by atoms with Gasteiger partial charge in [0.05, 0.1) is 5.25 Å². The van der Waals surface area contributed by atoms with E-state index in [0.29, 0.717) is 32.5 Å². The van der Waals surface area contributed by atoms with Crippen LogP contribution in [0.2, 0.25) is 0 Å². The number of sulfone groups is 1. The number of amides is 1. The number of benzene rings is 1. The summed E-state index contributed by atoms with van der Waals surface area (Å²) in [5.74, 6) is -0.615. The summed E-state index contributed by atoms with van der Waals surface area (Å²) in [5.41, 5.74) is 2.17. The fourth-order valence-corrected chi connectivity index (χ4v) is 4.33. The van der Waals surface area contributed by atoms with Gasteiger partial charge in [-0.15, -0.1) is 0 Å². The van der Waals surface area contributed by atoms with Gasteiger partial charge in [0, 0.05) is 32.4 Å². The number of hydrogen-bond donors (Lipinski definition) is 0. The molecule has 6 heteroatoms. The lowest BCUT2D eigenvalue weighted by atomic mass is 10.1. The molecule has 1 aliphatic carbocycles. The van der Waals surface area contributed by atoms with Crippen molar-refractivity contribution in [3.05, 3.63) is 29.8 Å². The molecule has 1 aromatic carbocycles. The van der Waals surface area contributed by atoms with E-state index in [1.165, 1.54) is 0 Å². The molecule has 1 aliphatic heterocycles. The van der Waals surface area contributed by atoms with Crippen LogP contribution in [0.5, 0.6) is 0 Å². The summed E-state index contributed by atoms with van der Waals surface area (Å²) in [6.07, 6.45) is 1.42. The molecule has 0 unspecified atom stereocenters. The van der Waals surface area contributed by atoms with E-state index in [1.54, 1.807) is 4.90 Å². The number of carbonyl (C=O) groups excluding carboxylic acids is 1. The first kappa shape index (κ1) is 14.4. The maximum atomic E-state index is 12.3. The predicted octanol–water partition coefficient (Wildman–Crippen LogP) is 1.04. The third kappa shape index (κ3) is 3.05. The fourth-order valence-electron chi connectivity index (χ4n) is 2.71. The van der Waals surface area contributed by atoms with Crippen molar-refractivity contribution in [1.29, 1.82) is 0 Å². The number of fused-ring (bicyclic) bond motifs is 1. The number of anilines is 1. The van der Waals surface area contributed by atoms with Gasteiger partial charge in [-0.1, -0.05) is 18.2 Å². The first-order valence-corrected chi connectivity index (χ1v) is 8.97. The molecule has 5 nitrogen and oxygen atoms in total. The van der Waals surface area contributed by atoms with Crippen molar-refractivity contribution in [1.82, 2.24) is 4.90 Å². The van der Waals surface area contributed by atoms with Crippen LogP contribution in [0.1, 0.15) is 18.4 Å². The van der Waals surface area contributed by atoms with Gasteiger partial charge >= 0.3 is 0 Å². The standard InChI is InChI=1S/C15H20N2O3S/c1-16-8-9-17(10-12-4-2-3-5-14(12)16)15(18)11-21(19,20)13-6-7-13/h2-5,13H,6-11H2,1H3. The number of carbonyl (C=O) groups is 1. The molecule has 1 heterocycles. The maximum Gasteiger partial charge on any atom is 0.238 e. The highest BCUT2D eigenvalue weighted by molar-refractivity contribution is 7.93. The Bertz CT molecular complexity index is 653. The van der Waals surface area contributed by atoms with E-state index in [9.17, 15) is 13.2 Å². The van der Waals surface area contributed by atoms with Crippen LogP contribution in [-0.4, -0.2) is 50.4 Å². The van der Waals surface area contributed by atoms with Gasteiger partial charge in [-0.3, -0.25) is 4.79 Å². The molecule has 1 fully saturated rings. The number of rotatable bonds is 3. The molecule has 0 atom stereocenters. The number of nitrogens with zero attached hydrogens (tertiary/aromatic N) is 2. The molecule has 2 aliphatic rings. The summed E-state index contributed by atoms with van der Waals surface area (Å²) in [5, 5.41) is -0.275. The molecule has 114 valence electrons. The zero-order chi connectivity index (χ0) is 15.0. The molecular formula is C15H20N2O3S. The molecule has 0 spiro atoms. The summed E-state index contributed by atoms with van der Waals surface area (Å²) in [6.45, 7) is 1.76. The Hall–Kier alpha value is -1.56. The van der Waals surface area contributed by atoms with Crippen molar-refractivity contribution in [3.63, 3.8) is 0 Å². The number of para-hydroxylation sites is 1. The van der Waals surface area contributed by atoms with E-state index in [0.717, 1.165) is 11.3 Å². The van der Waals surface area contributed by atoms with E-state index >= 15 is 0 Å². The van der Waals surface area contributed by atoms with Crippen molar-refractivity contribution < 1.29 is 13.2 Å². The lowest BCUT2D eigenvalue weighted by Crippen LogP contribution is -2.38. The molecule has 21 heavy (non-hydrogen) atoms. The van der Waals surface area contributed by atoms with Gasteiger partial charge < -0.3 is 9.80 Å². The molecule has 0 radical (unpaired) electrons. The van der Waals surface area contributed by atoms with Gasteiger partial charge in [-0.25, -0.2) is 8.42 Å². The zero-order valence-electron chi connectivity index (χ0n) is 12.2. The van der Waals surface area contributed by atoms with Crippen LogP contribution in [-0.2, 0) is 21.2 Å². The highest BCUT2D eigenvalue weighted by atomic mass is 32.2. The Morgan fingerprint density at radius 1 is 1.24 bits per heavy atom. The Labute approximate surface area is 125 Å². The van der Waals surface area contributed by atoms with Crippen LogP contribution in [0.25, 0.3) is 0 Å². The van der Waals surface area contributed by atoms with E-state index in [1.807, 2.05) is 31.3 Å². The van der Waals surface area contributed by atoms with Crippen LogP contribution >= 0.6 is 0 Å². The average molecular weight is 308 g/mol. The van der Waals surface area contributed by atoms with E-state index in [-0.39, 0.29) is 16.9 Å². The SMILES string of the molecule is CN1CCN(C(=O)CS(=O)(=O)C2CC2)Cc2ccccc21. The lowest BCUT2D eigenvalue weighted by molar-refractivity contribution is -0.128. The van der Waals surface area contributed by atoms with Crippen LogP contribution < -0.4 is 4.90 Å². The predicted molar refractivity (Wildman–Crippen MR) is 81.9 cm³/mol. The Balaban J connectivity index is 1.76. The summed E-state index contributed by atoms with van der Waals surface area (Å²) < 4.78 is 24.0. The molecule has 0 aromatic heterocycles. The molecule has 0 bridgehead atoms. The lowest BCUT2D eigenvalue weighted by Gasteiger charge is -2.21. The smallest absolute Gasteiger partial charge is 0.238 e. The summed E-state index contributed by atoms with van der Waals surface area (Å²) in [7, 11) is -1.25. The van der Waals surface area contributed by atoms with Crippen LogP contribution in [0.15, 0.2) is 24.3 Å². The molecule has 0 N–H and O–H groups in total. The summed E-state index contributed by atoms with van der Waals surface area (Å²) in [4.78, 5) is 16.1. The van der Waals surface area contributed by atoms with Crippen molar-refractivity contribution >= 4 is 21.4 Å². The van der Waals surface area contributed by atoms with Crippen molar-refractivity contribution in [2.24, 2.45) is 0 Å². The molecule has 3 rings (SSSR count). The van der Waals surface area contributed by atoms with Crippen LogP contribution in [0.3, 0.4) is 0 Å². The second kappa shape index (κ2) is 5.33. The Morgan fingerprint density at radius 3 is 2.67 bits per heavy atom. The van der Waals surface area contributed by atoms with E-state index in [2.05, 4.69) is 4.90 Å². The molecule has 0 saturated heterocycles. The summed E-state index contributed by atoms with van der Waals surface area (Å²) >= 11 is 0. The van der Waals surface area contributed by atoms with E-state index in [4.69, 9.17) is 0 Å². The second-order valence-corrected chi connectivity index (χ2v) is 8.15. The number of likely N-dealkylation sites (N-methyl/N-ethyl adjacent to an activating group) is 1. The quantitative estimate of drug-likeness (QED) is 0.837. The molecule has 1 amide bonds. The van der Waals surface area contributed by atoms with Gasteiger partial charge in [0.25, 0.3) is 0 Å². The van der Waals surface area contributed by atoms with Gasteiger partial charge in [0.2, 0.25) is 5.91 Å². The first-order chi connectivity index (χ1) is 9.97. The minimum absolute atomic E-state index is 0.271. The van der Waals surface area contributed by atoms with Crippen molar-refractivity contribution in [3.8, 4) is 0 Å². The molecular weight excluding hydrogens is 288 g/mol. The normalized spacial score (nSPS) is 19.1. The fraction of sp³-hybridized carbons (Fsp3) is 0.533. The Kier molecular flexibility index (Phi) is 3.65. The van der Waals surface area contributed by atoms with Gasteiger partial charge in [-0.2, -0.15) is 0 Å². The number of hydrogen-bond acceptors (Lipinski definition) is 4. The Morgan fingerprint density at radius 2 is 1.95 bits per heavy atom. The van der Waals surface area contributed by atoms with Gasteiger partial charge in [0.15, 0.2) is 9.84 Å². The zero-order valence-corrected chi connectivity index (χ0v) is 13.0. The molecule has 1 aromatic rings. The highest BCUT2D eigenvalue weighted by Crippen LogP contribution is 2.29. The highest BCUT2D eigenvalue weighted by Gasteiger charge is 2.38. The van der Waals surface area contributed by atoms with Gasteiger partial charge in [0.1, 0.15) is 5.75 Å². The largest absolute Gasteiger partial charge is 0.373 e. The first-order valence-electron chi connectivity index (χ1n) is 7.26.